The third-order valence-electron chi connectivity index (χ3n) is 4.17. The number of pyridine rings is 1. The Hall–Kier alpha value is -3.33. The molecule has 1 fully saturated rings. The molecule has 142 valence electrons. The molecule has 3 aromatic rings. The Labute approximate surface area is 162 Å². The van der Waals surface area contributed by atoms with Crippen molar-refractivity contribution in [3.8, 4) is 16.9 Å². The maximum Gasteiger partial charge on any atom is 0.276 e. The van der Waals surface area contributed by atoms with Crippen LogP contribution in [0.2, 0.25) is 5.02 Å². The number of amides is 2. The zero-order valence-electron chi connectivity index (χ0n) is 14.2. The van der Waals surface area contributed by atoms with Crippen molar-refractivity contribution in [2.75, 3.05) is 13.2 Å². The number of hydrogen-bond acceptors (Lipinski definition) is 4. The van der Waals surface area contributed by atoms with Gasteiger partial charge in [0.05, 0.1) is 29.3 Å². The second-order valence-corrected chi connectivity index (χ2v) is 6.49. The molecule has 0 saturated carbocycles. The molecular weight excluding hydrogens is 392 g/mol. The average Bonchev–Trinajstić information content (AvgIpc) is 3.30. The van der Waals surface area contributed by atoms with Crippen LogP contribution in [0.3, 0.4) is 0 Å². The van der Waals surface area contributed by atoms with Gasteiger partial charge in [-0.05, 0) is 30.3 Å². The van der Waals surface area contributed by atoms with Gasteiger partial charge < -0.3 is 10.2 Å². The maximum atomic E-state index is 13.7. The molecule has 28 heavy (non-hydrogen) atoms. The fraction of sp³-hybridized carbons (Fsp3) is 0.111. The lowest BCUT2D eigenvalue weighted by atomic mass is 10.2. The van der Waals surface area contributed by atoms with E-state index in [-0.39, 0.29) is 29.8 Å². The van der Waals surface area contributed by atoms with Gasteiger partial charge in [0.1, 0.15) is 18.2 Å². The zero-order chi connectivity index (χ0) is 19.8. The number of nitrogens with one attached hydrogen (secondary N) is 1. The highest BCUT2D eigenvalue weighted by Gasteiger charge is 2.27. The van der Waals surface area contributed by atoms with Gasteiger partial charge in [-0.1, -0.05) is 11.6 Å². The summed E-state index contributed by atoms with van der Waals surface area (Å²) in [4.78, 5) is 29.2. The van der Waals surface area contributed by atoms with Crippen molar-refractivity contribution < 1.29 is 18.4 Å². The van der Waals surface area contributed by atoms with E-state index >= 15 is 0 Å². The van der Waals surface area contributed by atoms with Crippen LogP contribution in [0.25, 0.3) is 16.9 Å². The van der Waals surface area contributed by atoms with Gasteiger partial charge in [0, 0.05) is 11.8 Å². The summed E-state index contributed by atoms with van der Waals surface area (Å²) in [6.45, 7) is -0.00528. The van der Waals surface area contributed by atoms with Crippen molar-refractivity contribution in [3.63, 3.8) is 0 Å². The van der Waals surface area contributed by atoms with E-state index in [1.165, 1.54) is 40.0 Å². The first-order chi connectivity index (χ1) is 13.4. The van der Waals surface area contributed by atoms with E-state index in [0.717, 1.165) is 12.3 Å². The lowest BCUT2D eigenvalue weighted by Crippen LogP contribution is -2.30. The number of nitrogens with zero attached hydrogens (tertiary/aromatic N) is 4. The molecule has 10 heteroatoms. The molecule has 0 bridgehead atoms. The Kier molecular flexibility index (Phi) is 4.52. The van der Waals surface area contributed by atoms with Crippen molar-refractivity contribution >= 4 is 23.4 Å². The fourth-order valence-electron chi connectivity index (χ4n) is 2.83. The van der Waals surface area contributed by atoms with Gasteiger partial charge >= 0.3 is 0 Å². The van der Waals surface area contributed by atoms with Crippen molar-refractivity contribution in [2.24, 2.45) is 0 Å². The van der Waals surface area contributed by atoms with Crippen LogP contribution < -0.4 is 5.32 Å². The van der Waals surface area contributed by atoms with Gasteiger partial charge in [0.15, 0.2) is 5.69 Å². The van der Waals surface area contributed by atoms with Gasteiger partial charge in [0.25, 0.3) is 5.91 Å². The Morgan fingerprint density at radius 2 is 2.00 bits per heavy atom. The van der Waals surface area contributed by atoms with E-state index in [2.05, 4.69) is 15.4 Å². The second kappa shape index (κ2) is 7.01. The lowest BCUT2D eigenvalue weighted by Gasteiger charge is -2.10. The van der Waals surface area contributed by atoms with E-state index in [1.807, 2.05) is 0 Å². The molecule has 1 aliphatic heterocycles. The SMILES string of the molecule is O=C1CN(C(=O)c2cc(-c3cncc(F)c3)n(-c3ccc(F)c(Cl)c3)n2)CN1. The average molecular weight is 404 g/mol. The first kappa shape index (κ1) is 18.1. The molecule has 0 unspecified atom stereocenters. The highest BCUT2D eigenvalue weighted by molar-refractivity contribution is 6.30. The van der Waals surface area contributed by atoms with E-state index < -0.39 is 17.5 Å². The summed E-state index contributed by atoms with van der Waals surface area (Å²) >= 11 is 5.87. The Morgan fingerprint density at radius 3 is 2.68 bits per heavy atom. The molecule has 1 aromatic carbocycles. The normalized spacial score (nSPS) is 13.7. The first-order valence-electron chi connectivity index (χ1n) is 8.15. The largest absolute Gasteiger partial charge is 0.337 e. The number of rotatable bonds is 3. The van der Waals surface area contributed by atoms with Crippen molar-refractivity contribution in [2.45, 2.75) is 0 Å². The molecule has 2 aromatic heterocycles. The summed E-state index contributed by atoms with van der Waals surface area (Å²) < 4.78 is 28.6. The topological polar surface area (TPSA) is 80.1 Å². The predicted molar refractivity (Wildman–Crippen MR) is 95.8 cm³/mol. The monoisotopic (exact) mass is 403 g/mol. The van der Waals surface area contributed by atoms with Crippen LogP contribution in [0, 0.1) is 11.6 Å². The Balaban J connectivity index is 1.83. The minimum atomic E-state index is -0.607. The Bertz CT molecular complexity index is 1100. The van der Waals surface area contributed by atoms with E-state index in [1.54, 1.807) is 0 Å². The molecule has 3 heterocycles. The molecule has 0 aliphatic carbocycles. The van der Waals surface area contributed by atoms with Crippen LogP contribution in [0.15, 0.2) is 42.7 Å². The van der Waals surface area contributed by atoms with Crippen LogP contribution in [0.4, 0.5) is 8.78 Å². The molecule has 1 N–H and O–H groups in total. The van der Waals surface area contributed by atoms with Crippen molar-refractivity contribution in [3.05, 3.63) is 65.1 Å². The standard InChI is InChI=1S/C18H12ClF2N5O2/c19-13-4-12(1-2-14(13)21)26-16(10-3-11(20)7-22-6-10)5-15(24-26)18(28)25-8-17(27)23-9-25/h1-7H,8-9H2,(H,23,27). The molecule has 0 atom stereocenters. The lowest BCUT2D eigenvalue weighted by molar-refractivity contribution is -0.118. The molecule has 4 rings (SSSR count). The molecule has 1 aliphatic rings. The minimum absolute atomic E-state index is 0.0382. The van der Waals surface area contributed by atoms with Gasteiger partial charge in [-0.2, -0.15) is 5.10 Å². The molecule has 2 amide bonds. The number of benzene rings is 1. The molecular formula is C18H12ClF2N5O2. The summed E-state index contributed by atoms with van der Waals surface area (Å²) in [5.41, 5.74) is 1.13. The summed E-state index contributed by atoms with van der Waals surface area (Å²) in [6, 6.07) is 6.63. The Morgan fingerprint density at radius 1 is 1.18 bits per heavy atom. The van der Waals surface area contributed by atoms with Gasteiger partial charge in [-0.3, -0.25) is 14.6 Å². The number of hydrogen-bond donors (Lipinski definition) is 1. The maximum absolute atomic E-state index is 13.7. The summed E-state index contributed by atoms with van der Waals surface area (Å²) in [5.74, 6) is -1.92. The zero-order valence-corrected chi connectivity index (χ0v) is 15.0. The number of aromatic nitrogens is 3. The fourth-order valence-corrected chi connectivity index (χ4v) is 3.01. The molecule has 1 saturated heterocycles. The minimum Gasteiger partial charge on any atom is -0.337 e. The number of carbonyl (C=O) groups excluding carboxylic acids is 2. The highest BCUT2D eigenvalue weighted by atomic mass is 35.5. The third-order valence-corrected chi connectivity index (χ3v) is 4.46. The quantitative estimate of drug-likeness (QED) is 0.728. The second-order valence-electron chi connectivity index (χ2n) is 6.08. The summed E-state index contributed by atoms with van der Waals surface area (Å²) in [5, 5.41) is 6.69. The van der Waals surface area contributed by atoms with E-state index in [0.29, 0.717) is 16.9 Å². The van der Waals surface area contributed by atoms with Crippen LogP contribution in [-0.4, -0.2) is 44.7 Å². The van der Waals surface area contributed by atoms with Gasteiger partial charge in [0.2, 0.25) is 5.91 Å². The van der Waals surface area contributed by atoms with Crippen molar-refractivity contribution in [1.82, 2.24) is 25.0 Å². The smallest absolute Gasteiger partial charge is 0.276 e. The van der Waals surface area contributed by atoms with Crippen molar-refractivity contribution in [1.29, 1.82) is 0 Å². The summed E-state index contributed by atoms with van der Waals surface area (Å²) in [6.07, 6.45) is 2.46. The first-order valence-corrected chi connectivity index (χ1v) is 8.52. The third kappa shape index (κ3) is 3.31. The molecule has 0 spiro atoms. The van der Waals surface area contributed by atoms with E-state index in [4.69, 9.17) is 11.6 Å². The van der Waals surface area contributed by atoms with Gasteiger partial charge in [-0.25, -0.2) is 13.5 Å². The van der Waals surface area contributed by atoms with Crippen LogP contribution in [0.5, 0.6) is 0 Å². The van der Waals surface area contributed by atoms with Crippen LogP contribution in [-0.2, 0) is 4.79 Å². The number of halogens is 3. The highest BCUT2D eigenvalue weighted by Crippen LogP contribution is 2.27. The molecule has 0 radical (unpaired) electrons. The predicted octanol–water partition coefficient (Wildman–Crippen LogP) is 2.40. The van der Waals surface area contributed by atoms with E-state index in [9.17, 15) is 18.4 Å². The van der Waals surface area contributed by atoms with Crippen LogP contribution in [0.1, 0.15) is 10.5 Å². The number of carbonyl (C=O) groups is 2. The van der Waals surface area contributed by atoms with Crippen LogP contribution >= 0.6 is 11.6 Å². The summed E-state index contributed by atoms with van der Waals surface area (Å²) in [7, 11) is 0. The molecule has 7 nitrogen and oxygen atoms in total. The van der Waals surface area contributed by atoms with Gasteiger partial charge in [-0.15, -0.1) is 0 Å².